The summed E-state index contributed by atoms with van der Waals surface area (Å²) in [5.41, 5.74) is 2.21. The Kier molecular flexibility index (Phi) is 4.13. The normalized spacial score (nSPS) is 14.2. The number of halogens is 1. The number of rotatable bonds is 4. The highest BCUT2D eigenvalue weighted by Crippen LogP contribution is 2.27. The number of furan rings is 1. The maximum atomic E-state index is 5.94. The molecule has 0 aliphatic rings. The van der Waals surface area contributed by atoms with Crippen molar-refractivity contribution >= 4 is 26.9 Å². The third-order valence-electron chi connectivity index (χ3n) is 3.72. The van der Waals surface area contributed by atoms with Crippen LogP contribution in [0.1, 0.15) is 37.3 Å². The van der Waals surface area contributed by atoms with Crippen molar-refractivity contribution in [2.75, 3.05) is 0 Å². The Labute approximate surface area is 133 Å². The summed E-state index contributed by atoms with van der Waals surface area (Å²) in [4.78, 5) is 0. The molecule has 0 spiro atoms. The monoisotopic (exact) mass is 343 g/mol. The van der Waals surface area contributed by atoms with Crippen molar-refractivity contribution in [1.29, 1.82) is 0 Å². The molecule has 3 rings (SSSR count). The summed E-state index contributed by atoms with van der Waals surface area (Å²) < 4.78 is 7.01. The highest BCUT2D eigenvalue weighted by Gasteiger charge is 2.15. The predicted molar refractivity (Wildman–Crippen MR) is 90.3 cm³/mol. The van der Waals surface area contributed by atoms with Crippen LogP contribution >= 0.6 is 15.9 Å². The van der Waals surface area contributed by atoms with Gasteiger partial charge < -0.3 is 9.73 Å². The van der Waals surface area contributed by atoms with Crippen molar-refractivity contribution in [3.05, 3.63) is 70.4 Å². The molecule has 0 amide bonds. The average Bonchev–Trinajstić information content (AvgIpc) is 2.91. The molecule has 1 N–H and O–H groups in total. The summed E-state index contributed by atoms with van der Waals surface area (Å²) in [6, 6.07) is 19.1. The molecule has 0 fully saturated rings. The molecule has 0 bridgehead atoms. The Bertz CT molecular complexity index is 735. The molecule has 0 aliphatic carbocycles. The van der Waals surface area contributed by atoms with Crippen molar-refractivity contribution in [1.82, 2.24) is 5.32 Å². The molecule has 0 radical (unpaired) electrons. The molecule has 0 saturated carbocycles. The van der Waals surface area contributed by atoms with Gasteiger partial charge in [0.2, 0.25) is 0 Å². The molecule has 1 aromatic heterocycles. The number of benzene rings is 2. The van der Waals surface area contributed by atoms with E-state index in [-0.39, 0.29) is 12.1 Å². The Morgan fingerprint density at radius 3 is 2.48 bits per heavy atom. The van der Waals surface area contributed by atoms with E-state index in [1.165, 1.54) is 5.56 Å². The van der Waals surface area contributed by atoms with Crippen molar-refractivity contribution in [2.24, 2.45) is 0 Å². The van der Waals surface area contributed by atoms with Gasteiger partial charge in [0.1, 0.15) is 11.3 Å². The fourth-order valence-corrected chi connectivity index (χ4v) is 2.92. The molecule has 3 heteroatoms. The van der Waals surface area contributed by atoms with Crippen LogP contribution in [0.15, 0.2) is 63.5 Å². The maximum absolute atomic E-state index is 5.94. The molecular formula is C18H18BrNO. The third kappa shape index (κ3) is 3.20. The van der Waals surface area contributed by atoms with Crippen molar-refractivity contribution in [3.8, 4) is 0 Å². The highest BCUT2D eigenvalue weighted by molar-refractivity contribution is 9.10. The van der Waals surface area contributed by atoms with Crippen molar-refractivity contribution in [3.63, 3.8) is 0 Å². The standard InChI is InChI=1S/C18H18BrNO/c1-12(14-6-4-3-5-7-14)20-13(2)18-11-15-10-16(19)8-9-17(15)21-18/h3-13,20H,1-2H3. The lowest BCUT2D eigenvalue weighted by Crippen LogP contribution is -2.22. The van der Waals surface area contributed by atoms with E-state index in [1.54, 1.807) is 0 Å². The minimum absolute atomic E-state index is 0.159. The largest absolute Gasteiger partial charge is 0.459 e. The minimum Gasteiger partial charge on any atom is -0.459 e. The smallest absolute Gasteiger partial charge is 0.134 e. The number of nitrogens with one attached hydrogen (secondary N) is 1. The zero-order valence-corrected chi connectivity index (χ0v) is 13.7. The van der Waals surface area contributed by atoms with Gasteiger partial charge in [-0.3, -0.25) is 0 Å². The second-order valence-electron chi connectivity index (χ2n) is 5.35. The van der Waals surface area contributed by atoms with E-state index in [4.69, 9.17) is 4.42 Å². The first-order valence-electron chi connectivity index (χ1n) is 7.13. The fraction of sp³-hybridized carbons (Fsp3) is 0.222. The lowest BCUT2D eigenvalue weighted by atomic mass is 10.1. The first kappa shape index (κ1) is 14.4. The summed E-state index contributed by atoms with van der Waals surface area (Å²) in [6.07, 6.45) is 0. The SMILES string of the molecule is CC(NC(C)c1cc2cc(Br)ccc2o1)c1ccccc1. The molecule has 108 valence electrons. The number of hydrogen-bond donors (Lipinski definition) is 1. The molecule has 3 aromatic rings. The summed E-state index contributed by atoms with van der Waals surface area (Å²) in [7, 11) is 0. The zero-order valence-electron chi connectivity index (χ0n) is 12.1. The molecule has 2 atom stereocenters. The maximum Gasteiger partial charge on any atom is 0.134 e. The van der Waals surface area contributed by atoms with Gasteiger partial charge in [0, 0.05) is 15.9 Å². The number of hydrogen-bond acceptors (Lipinski definition) is 2. The van der Waals surface area contributed by atoms with Crippen LogP contribution in [-0.2, 0) is 0 Å². The van der Waals surface area contributed by atoms with Gasteiger partial charge in [0.05, 0.1) is 6.04 Å². The van der Waals surface area contributed by atoms with Gasteiger partial charge >= 0.3 is 0 Å². The topological polar surface area (TPSA) is 25.2 Å². The Morgan fingerprint density at radius 1 is 0.952 bits per heavy atom. The van der Waals surface area contributed by atoms with Gasteiger partial charge in [-0.15, -0.1) is 0 Å². The second-order valence-corrected chi connectivity index (χ2v) is 6.27. The van der Waals surface area contributed by atoms with Crippen LogP contribution in [0.4, 0.5) is 0 Å². The quantitative estimate of drug-likeness (QED) is 0.666. The van der Waals surface area contributed by atoms with Crippen LogP contribution in [0, 0.1) is 0 Å². The zero-order chi connectivity index (χ0) is 14.8. The van der Waals surface area contributed by atoms with E-state index in [2.05, 4.69) is 71.5 Å². The van der Waals surface area contributed by atoms with E-state index < -0.39 is 0 Å². The van der Waals surface area contributed by atoms with Gasteiger partial charge in [-0.2, -0.15) is 0 Å². The average molecular weight is 344 g/mol. The van der Waals surface area contributed by atoms with E-state index in [0.29, 0.717) is 0 Å². The molecule has 1 heterocycles. The first-order chi connectivity index (χ1) is 10.1. The molecule has 0 saturated heterocycles. The van der Waals surface area contributed by atoms with Gasteiger partial charge in [-0.1, -0.05) is 46.3 Å². The van der Waals surface area contributed by atoms with E-state index in [1.807, 2.05) is 18.2 Å². The van der Waals surface area contributed by atoms with E-state index >= 15 is 0 Å². The molecule has 2 unspecified atom stereocenters. The van der Waals surface area contributed by atoms with Crippen LogP contribution in [0.2, 0.25) is 0 Å². The van der Waals surface area contributed by atoms with E-state index in [9.17, 15) is 0 Å². The summed E-state index contributed by atoms with van der Waals surface area (Å²) in [5, 5.41) is 4.71. The lowest BCUT2D eigenvalue weighted by molar-refractivity contribution is 0.417. The highest BCUT2D eigenvalue weighted by atomic mass is 79.9. The predicted octanol–water partition coefficient (Wildman–Crippen LogP) is 5.61. The number of fused-ring (bicyclic) bond motifs is 1. The van der Waals surface area contributed by atoms with Gasteiger partial charge in [0.25, 0.3) is 0 Å². The summed E-state index contributed by atoms with van der Waals surface area (Å²) in [5.74, 6) is 0.964. The van der Waals surface area contributed by atoms with Crippen LogP contribution < -0.4 is 5.32 Å². The molecule has 2 nitrogen and oxygen atoms in total. The third-order valence-corrected chi connectivity index (χ3v) is 4.22. The molecule has 0 aliphatic heterocycles. The van der Waals surface area contributed by atoms with Crippen LogP contribution in [0.3, 0.4) is 0 Å². The van der Waals surface area contributed by atoms with Crippen molar-refractivity contribution < 1.29 is 4.42 Å². The van der Waals surface area contributed by atoms with Gasteiger partial charge in [-0.25, -0.2) is 0 Å². The van der Waals surface area contributed by atoms with Crippen LogP contribution in [-0.4, -0.2) is 0 Å². The van der Waals surface area contributed by atoms with Crippen LogP contribution in [0.5, 0.6) is 0 Å². The Morgan fingerprint density at radius 2 is 1.71 bits per heavy atom. The Hall–Kier alpha value is -1.58. The van der Waals surface area contributed by atoms with Crippen LogP contribution in [0.25, 0.3) is 11.0 Å². The van der Waals surface area contributed by atoms with Gasteiger partial charge in [-0.05, 0) is 43.7 Å². The van der Waals surface area contributed by atoms with E-state index in [0.717, 1.165) is 21.2 Å². The first-order valence-corrected chi connectivity index (χ1v) is 7.93. The fourth-order valence-electron chi connectivity index (χ4n) is 2.54. The summed E-state index contributed by atoms with van der Waals surface area (Å²) >= 11 is 3.49. The molecule has 21 heavy (non-hydrogen) atoms. The Balaban J connectivity index is 1.79. The lowest BCUT2D eigenvalue weighted by Gasteiger charge is -2.18. The van der Waals surface area contributed by atoms with Gasteiger partial charge in [0.15, 0.2) is 0 Å². The van der Waals surface area contributed by atoms with Crippen molar-refractivity contribution in [2.45, 2.75) is 25.9 Å². The second kappa shape index (κ2) is 6.04. The molecule has 2 aromatic carbocycles. The minimum atomic E-state index is 0.159. The molecular weight excluding hydrogens is 326 g/mol. The summed E-state index contributed by atoms with van der Waals surface area (Å²) in [6.45, 7) is 4.30.